The van der Waals surface area contributed by atoms with Crippen LogP contribution in [0.4, 0.5) is 40.8 Å². The maximum Gasteiger partial charge on any atom is 0.461 e. The van der Waals surface area contributed by atoms with Gasteiger partial charge in [0.25, 0.3) is 0 Å². The molecule has 0 radical (unpaired) electrons. The number of nitrogens with zero attached hydrogens (tertiary/aromatic N) is 1. The number of halogens is 8. The monoisotopic (exact) mass is 505 g/mol. The average Bonchev–Trinajstić information content (AvgIpc) is 2.79. The Morgan fingerprint density at radius 2 is 1.34 bits per heavy atom. The van der Waals surface area contributed by atoms with Gasteiger partial charge in [-0.05, 0) is 42.0 Å². The minimum Gasteiger partial charge on any atom is -0.457 e. The number of para-hydroxylation sites is 1. The van der Waals surface area contributed by atoms with E-state index in [4.69, 9.17) is 4.74 Å². The quantitative estimate of drug-likeness (QED) is 0.265. The lowest BCUT2D eigenvalue weighted by Crippen LogP contribution is -2.38. The van der Waals surface area contributed by atoms with Crippen molar-refractivity contribution in [1.82, 2.24) is 0 Å². The van der Waals surface area contributed by atoms with Gasteiger partial charge in [0.1, 0.15) is 17.2 Å². The van der Waals surface area contributed by atoms with Crippen LogP contribution in [0.2, 0.25) is 0 Å². The van der Waals surface area contributed by atoms with Crippen molar-refractivity contribution >= 4 is 5.69 Å². The van der Waals surface area contributed by atoms with E-state index in [1.165, 1.54) is 30.3 Å². The molecule has 0 saturated carbocycles. The molecule has 3 rings (SSSR count). The van der Waals surface area contributed by atoms with Crippen molar-refractivity contribution in [2.75, 3.05) is 11.4 Å². The number of hydrogen-bond acceptors (Lipinski definition) is 3. The van der Waals surface area contributed by atoms with E-state index in [1.807, 2.05) is 0 Å². The third-order valence-electron chi connectivity index (χ3n) is 4.68. The van der Waals surface area contributed by atoms with Gasteiger partial charge in [-0.25, -0.2) is 4.39 Å². The van der Waals surface area contributed by atoms with Gasteiger partial charge in [-0.15, -0.1) is 0 Å². The SMILES string of the molecule is FC(CN(Cc1cccc(OC(F)(F)C(F)F)c1)c1cccc(Oc2ccccc2)c1)C(F)(F)F. The molecule has 0 aliphatic rings. The lowest BCUT2D eigenvalue weighted by atomic mass is 10.1. The summed E-state index contributed by atoms with van der Waals surface area (Å²) >= 11 is 0. The van der Waals surface area contributed by atoms with E-state index in [0.717, 1.165) is 17.0 Å². The highest BCUT2D eigenvalue weighted by Gasteiger charge is 2.44. The Hall–Kier alpha value is -3.50. The van der Waals surface area contributed by atoms with Crippen LogP contribution in [-0.2, 0) is 6.54 Å². The highest BCUT2D eigenvalue weighted by molar-refractivity contribution is 5.52. The average molecular weight is 505 g/mol. The van der Waals surface area contributed by atoms with E-state index in [0.29, 0.717) is 5.75 Å². The third-order valence-corrected chi connectivity index (χ3v) is 4.68. The molecule has 0 amide bonds. The van der Waals surface area contributed by atoms with Crippen LogP contribution in [-0.4, -0.2) is 31.4 Å². The third kappa shape index (κ3) is 7.49. The van der Waals surface area contributed by atoms with E-state index < -0.39 is 37.2 Å². The summed E-state index contributed by atoms with van der Waals surface area (Å²) in [4.78, 5) is 1.03. The smallest absolute Gasteiger partial charge is 0.457 e. The van der Waals surface area contributed by atoms with Crippen LogP contribution in [0.1, 0.15) is 5.56 Å². The number of hydrogen-bond donors (Lipinski definition) is 0. The summed E-state index contributed by atoms with van der Waals surface area (Å²) in [5, 5.41) is 0. The Bertz CT molecular complexity index is 1090. The van der Waals surface area contributed by atoms with Crippen molar-refractivity contribution in [3.63, 3.8) is 0 Å². The molecule has 3 aromatic carbocycles. The van der Waals surface area contributed by atoms with E-state index in [1.54, 1.807) is 36.4 Å². The maximum atomic E-state index is 14.0. The van der Waals surface area contributed by atoms with Crippen LogP contribution >= 0.6 is 0 Å². The van der Waals surface area contributed by atoms with Gasteiger partial charge in [-0.2, -0.15) is 30.7 Å². The molecular formula is C24H19F8NO2. The Morgan fingerprint density at radius 1 is 0.714 bits per heavy atom. The van der Waals surface area contributed by atoms with Crippen LogP contribution in [0, 0.1) is 0 Å². The molecule has 0 aliphatic heterocycles. The Morgan fingerprint density at radius 3 is 2.00 bits per heavy atom. The molecule has 35 heavy (non-hydrogen) atoms. The van der Waals surface area contributed by atoms with E-state index >= 15 is 0 Å². The van der Waals surface area contributed by atoms with Crippen LogP contribution in [0.3, 0.4) is 0 Å². The Balaban J connectivity index is 1.87. The van der Waals surface area contributed by atoms with Crippen LogP contribution in [0.5, 0.6) is 17.2 Å². The van der Waals surface area contributed by atoms with Crippen molar-refractivity contribution < 1.29 is 44.6 Å². The lowest BCUT2D eigenvalue weighted by molar-refractivity contribution is -0.253. The zero-order chi connectivity index (χ0) is 25.6. The fraction of sp³-hybridized carbons (Fsp3) is 0.250. The van der Waals surface area contributed by atoms with E-state index in [-0.39, 0.29) is 23.5 Å². The molecule has 1 unspecified atom stereocenters. The minimum absolute atomic E-state index is 0.122. The van der Waals surface area contributed by atoms with Crippen LogP contribution in [0.15, 0.2) is 78.9 Å². The molecule has 3 nitrogen and oxygen atoms in total. The highest BCUT2D eigenvalue weighted by Crippen LogP contribution is 2.32. The first-order valence-electron chi connectivity index (χ1n) is 10.2. The first kappa shape index (κ1) is 26.1. The number of alkyl halides is 8. The van der Waals surface area contributed by atoms with Crippen molar-refractivity contribution in [2.45, 2.75) is 31.4 Å². The molecular weight excluding hydrogens is 486 g/mol. The molecule has 0 N–H and O–H groups in total. The molecule has 1 atom stereocenters. The van der Waals surface area contributed by atoms with Gasteiger partial charge in [0.15, 0.2) is 0 Å². The largest absolute Gasteiger partial charge is 0.461 e. The molecule has 0 bridgehead atoms. The molecule has 188 valence electrons. The molecule has 11 heteroatoms. The topological polar surface area (TPSA) is 21.7 Å². The molecule has 0 aliphatic carbocycles. The predicted octanol–water partition coefficient (Wildman–Crippen LogP) is 7.62. The Kier molecular flexibility index (Phi) is 8.08. The molecule has 0 saturated heterocycles. The first-order chi connectivity index (χ1) is 16.4. The number of benzene rings is 3. The van der Waals surface area contributed by atoms with Crippen molar-refractivity contribution in [1.29, 1.82) is 0 Å². The molecule has 3 aromatic rings. The summed E-state index contributed by atoms with van der Waals surface area (Å²) in [6.07, 6.45) is -17.2. The van der Waals surface area contributed by atoms with Gasteiger partial charge in [0.05, 0.1) is 6.54 Å². The lowest BCUT2D eigenvalue weighted by Gasteiger charge is -2.28. The summed E-state index contributed by atoms with van der Waals surface area (Å²) < 4.78 is 114. The second-order valence-electron chi connectivity index (χ2n) is 7.41. The summed E-state index contributed by atoms with van der Waals surface area (Å²) in [6.45, 7) is -1.49. The maximum absolute atomic E-state index is 14.0. The fourth-order valence-corrected chi connectivity index (χ4v) is 3.06. The predicted molar refractivity (Wildman–Crippen MR) is 113 cm³/mol. The molecule has 0 heterocycles. The van der Waals surface area contributed by atoms with Crippen LogP contribution < -0.4 is 14.4 Å². The summed E-state index contributed by atoms with van der Waals surface area (Å²) in [7, 11) is 0. The van der Waals surface area contributed by atoms with Gasteiger partial charge < -0.3 is 14.4 Å². The number of anilines is 1. The first-order valence-corrected chi connectivity index (χ1v) is 10.2. The molecule has 0 fully saturated rings. The van der Waals surface area contributed by atoms with E-state index in [9.17, 15) is 35.1 Å². The van der Waals surface area contributed by atoms with Crippen molar-refractivity contribution in [3.8, 4) is 17.2 Å². The second-order valence-corrected chi connectivity index (χ2v) is 7.41. The van der Waals surface area contributed by atoms with E-state index in [2.05, 4.69) is 4.74 Å². The minimum atomic E-state index is -5.14. The molecule has 0 spiro atoms. The van der Waals surface area contributed by atoms with Crippen LogP contribution in [0.25, 0.3) is 0 Å². The number of ether oxygens (including phenoxy) is 2. The fourth-order valence-electron chi connectivity index (χ4n) is 3.06. The summed E-state index contributed by atoms with van der Waals surface area (Å²) in [6, 6.07) is 18.9. The van der Waals surface area contributed by atoms with Crippen molar-refractivity contribution in [3.05, 3.63) is 84.4 Å². The standard InChI is InChI=1S/C24H19F8NO2/c25-21(23(28,29)30)15-33(14-16-6-4-11-20(12-16)35-24(31,32)22(26)27)17-7-5-10-19(13-17)34-18-8-2-1-3-9-18/h1-13,21-22H,14-15H2. The van der Waals surface area contributed by atoms with Gasteiger partial charge in [0, 0.05) is 18.3 Å². The second kappa shape index (κ2) is 10.8. The number of rotatable bonds is 10. The normalized spacial score (nSPS) is 12.9. The van der Waals surface area contributed by atoms with Gasteiger partial charge in [0.2, 0.25) is 6.17 Å². The summed E-state index contributed by atoms with van der Waals surface area (Å²) in [5.74, 6) is 0.0935. The zero-order valence-electron chi connectivity index (χ0n) is 17.9. The Labute approximate surface area is 195 Å². The van der Waals surface area contributed by atoms with Gasteiger partial charge >= 0.3 is 18.7 Å². The van der Waals surface area contributed by atoms with Crippen molar-refractivity contribution in [2.24, 2.45) is 0 Å². The molecule has 0 aromatic heterocycles. The van der Waals surface area contributed by atoms with Gasteiger partial charge in [-0.1, -0.05) is 36.4 Å². The zero-order valence-corrected chi connectivity index (χ0v) is 17.9. The summed E-state index contributed by atoms with van der Waals surface area (Å²) in [5.41, 5.74) is 0.269. The highest BCUT2D eigenvalue weighted by atomic mass is 19.4. The van der Waals surface area contributed by atoms with Gasteiger partial charge in [-0.3, -0.25) is 0 Å².